The standard InChI is InChI=1S/C18H30N4O2/c1-4-19-18(20-10-7-16-6-5-13-24-16)21-15-8-11-22(12-9-15)17(23)14(2)3/h5-6,13-15H,4,7-12H2,1-3H3,(H2,19,20,21). The van der Waals surface area contributed by atoms with E-state index >= 15 is 0 Å². The normalized spacial score (nSPS) is 16.5. The first-order valence-corrected chi connectivity index (χ1v) is 8.96. The van der Waals surface area contributed by atoms with Gasteiger partial charge < -0.3 is 20.0 Å². The molecule has 0 spiro atoms. The number of furan rings is 1. The first-order chi connectivity index (χ1) is 11.6. The third-order valence-corrected chi connectivity index (χ3v) is 4.19. The van der Waals surface area contributed by atoms with Gasteiger partial charge in [0.2, 0.25) is 5.91 Å². The molecule has 1 fully saturated rings. The fraction of sp³-hybridized carbons (Fsp3) is 0.667. The SMILES string of the molecule is CCNC(=NCCc1ccco1)NC1CCN(C(=O)C(C)C)CC1. The fourth-order valence-electron chi connectivity index (χ4n) is 2.86. The van der Waals surface area contributed by atoms with Crippen LogP contribution in [0.4, 0.5) is 0 Å². The second-order valence-electron chi connectivity index (χ2n) is 6.49. The van der Waals surface area contributed by atoms with E-state index in [1.807, 2.05) is 30.9 Å². The lowest BCUT2D eigenvalue weighted by molar-refractivity contribution is -0.135. The number of hydrogen-bond acceptors (Lipinski definition) is 3. The van der Waals surface area contributed by atoms with E-state index in [0.717, 1.165) is 50.6 Å². The smallest absolute Gasteiger partial charge is 0.225 e. The van der Waals surface area contributed by atoms with Crippen molar-refractivity contribution >= 4 is 11.9 Å². The molecule has 0 aromatic carbocycles. The van der Waals surface area contributed by atoms with Crippen LogP contribution in [0.15, 0.2) is 27.8 Å². The van der Waals surface area contributed by atoms with Crippen LogP contribution in [0.25, 0.3) is 0 Å². The quantitative estimate of drug-likeness (QED) is 0.617. The molecular formula is C18H30N4O2. The van der Waals surface area contributed by atoms with Gasteiger partial charge in [-0.05, 0) is 31.9 Å². The molecule has 0 atom stereocenters. The summed E-state index contributed by atoms with van der Waals surface area (Å²) in [5, 5.41) is 6.79. The number of likely N-dealkylation sites (tertiary alicyclic amines) is 1. The predicted octanol–water partition coefficient (Wildman–Crippen LogP) is 2.02. The number of piperidine rings is 1. The highest BCUT2D eigenvalue weighted by Crippen LogP contribution is 2.13. The molecule has 0 bridgehead atoms. The molecule has 6 heteroatoms. The second kappa shape index (κ2) is 9.35. The summed E-state index contributed by atoms with van der Waals surface area (Å²) in [6.45, 7) is 9.14. The summed E-state index contributed by atoms with van der Waals surface area (Å²) < 4.78 is 5.33. The summed E-state index contributed by atoms with van der Waals surface area (Å²) >= 11 is 0. The highest BCUT2D eigenvalue weighted by atomic mass is 16.3. The number of carbonyl (C=O) groups excluding carboxylic acids is 1. The highest BCUT2D eigenvalue weighted by molar-refractivity contribution is 5.80. The number of aliphatic imine (C=N–C) groups is 1. The summed E-state index contributed by atoms with van der Waals surface area (Å²) in [5.41, 5.74) is 0. The third kappa shape index (κ3) is 5.58. The van der Waals surface area contributed by atoms with Gasteiger partial charge in [-0.2, -0.15) is 0 Å². The van der Waals surface area contributed by atoms with Crippen LogP contribution >= 0.6 is 0 Å². The summed E-state index contributed by atoms with van der Waals surface area (Å²) in [6.07, 6.45) is 4.40. The molecule has 1 saturated heterocycles. The van der Waals surface area contributed by atoms with Crippen molar-refractivity contribution in [2.45, 2.75) is 46.1 Å². The van der Waals surface area contributed by atoms with E-state index in [-0.39, 0.29) is 11.8 Å². The number of nitrogens with zero attached hydrogens (tertiary/aromatic N) is 2. The number of carbonyl (C=O) groups is 1. The van der Waals surface area contributed by atoms with Crippen molar-refractivity contribution in [2.24, 2.45) is 10.9 Å². The van der Waals surface area contributed by atoms with Crippen LogP contribution in [0.1, 0.15) is 39.4 Å². The summed E-state index contributed by atoms with van der Waals surface area (Å²) in [4.78, 5) is 18.6. The van der Waals surface area contributed by atoms with E-state index in [0.29, 0.717) is 12.6 Å². The van der Waals surface area contributed by atoms with E-state index in [1.54, 1.807) is 6.26 Å². The van der Waals surface area contributed by atoms with Gasteiger partial charge in [-0.1, -0.05) is 13.8 Å². The average Bonchev–Trinajstić information content (AvgIpc) is 3.08. The molecule has 1 aliphatic heterocycles. The Kier molecular flexibility index (Phi) is 7.15. The largest absolute Gasteiger partial charge is 0.469 e. The molecule has 2 N–H and O–H groups in total. The number of amides is 1. The molecule has 0 aliphatic carbocycles. The van der Waals surface area contributed by atoms with Gasteiger partial charge in [0.15, 0.2) is 5.96 Å². The van der Waals surface area contributed by atoms with Crippen LogP contribution in [0.3, 0.4) is 0 Å². The number of nitrogens with one attached hydrogen (secondary N) is 2. The van der Waals surface area contributed by atoms with Crippen LogP contribution < -0.4 is 10.6 Å². The van der Waals surface area contributed by atoms with Crippen LogP contribution in [0, 0.1) is 5.92 Å². The maximum absolute atomic E-state index is 12.0. The zero-order valence-electron chi connectivity index (χ0n) is 15.0. The Labute approximate surface area is 144 Å². The minimum absolute atomic E-state index is 0.0787. The Balaban J connectivity index is 1.79. The molecule has 1 aliphatic rings. The zero-order valence-corrected chi connectivity index (χ0v) is 15.0. The lowest BCUT2D eigenvalue weighted by Crippen LogP contribution is -2.50. The van der Waals surface area contributed by atoms with Gasteiger partial charge in [-0.15, -0.1) is 0 Å². The van der Waals surface area contributed by atoms with Gasteiger partial charge in [0, 0.05) is 44.6 Å². The van der Waals surface area contributed by atoms with Crippen molar-refractivity contribution in [3.63, 3.8) is 0 Å². The van der Waals surface area contributed by atoms with Crippen LogP contribution in [-0.2, 0) is 11.2 Å². The van der Waals surface area contributed by atoms with Gasteiger partial charge >= 0.3 is 0 Å². The number of hydrogen-bond donors (Lipinski definition) is 2. The van der Waals surface area contributed by atoms with Gasteiger partial charge in [-0.25, -0.2) is 0 Å². The molecule has 2 heterocycles. The Morgan fingerprint density at radius 1 is 1.42 bits per heavy atom. The lowest BCUT2D eigenvalue weighted by Gasteiger charge is -2.34. The molecule has 1 amide bonds. The van der Waals surface area contributed by atoms with Gasteiger partial charge in [0.1, 0.15) is 5.76 Å². The predicted molar refractivity (Wildman–Crippen MR) is 96.0 cm³/mol. The summed E-state index contributed by atoms with van der Waals surface area (Å²) in [6, 6.07) is 4.23. The molecular weight excluding hydrogens is 304 g/mol. The molecule has 0 saturated carbocycles. The molecule has 6 nitrogen and oxygen atoms in total. The molecule has 2 rings (SSSR count). The van der Waals surface area contributed by atoms with E-state index in [4.69, 9.17) is 4.42 Å². The van der Waals surface area contributed by atoms with Crippen molar-refractivity contribution in [1.29, 1.82) is 0 Å². The number of rotatable bonds is 6. The topological polar surface area (TPSA) is 69.9 Å². The molecule has 1 aromatic rings. The van der Waals surface area contributed by atoms with Gasteiger partial charge in [-0.3, -0.25) is 9.79 Å². The van der Waals surface area contributed by atoms with Gasteiger partial charge in [0.05, 0.1) is 6.26 Å². The van der Waals surface area contributed by atoms with Crippen molar-refractivity contribution in [2.75, 3.05) is 26.2 Å². The lowest BCUT2D eigenvalue weighted by atomic mass is 10.0. The van der Waals surface area contributed by atoms with E-state index < -0.39 is 0 Å². The van der Waals surface area contributed by atoms with E-state index in [9.17, 15) is 4.79 Å². The van der Waals surface area contributed by atoms with E-state index in [1.165, 1.54) is 0 Å². The first kappa shape index (κ1) is 18.4. The van der Waals surface area contributed by atoms with Crippen molar-refractivity contribution in [3.05, 3.63) is 24.2 Å². The van der Waals surface area contributed by atoms with Gasteiger partial charge in [0.25, 0.3) is 0 Å². The highest BCUT2D eigenvalue weighted by Gasteiger charge is 2.24. The number of guanidine groups is 1. The maximum atomic E-state index is 12.0. The zero-order chi connectivity index (χ0) is 17.4. The molecule has 0 unspecified atom stereocenters. The van der Waals surface area contributed by atoms with Crippen LogP contribution in [-0.4, -0.2) is 49.0 Å². The Bertz CT molecular complexity index is 517. The molecule has 0 radical (unpaired) electrons. The Hall–Kier alpha value is -1.98. The van der Waals surface area contributed by atoms with E-state index in [2.05, 4.69) is 22.5 Å². The summed E-state index contributed by atoms with van der Waals surface area (Å²) in [7, 11) is 0. The minimum atomic E-state index is 0.0787. The third-order valence-electron chi connectivity index (χ3n) is 4.19. The Morgan fingerprint density at radius 3 is 2.75 bits per heavy atom. The van der Waals surface area contributed by atoms with Crippen molar-refractivity contribution < 1.29 is 9.21 Å². The monoisotopic (exact) mass is 334 g/mol. The second-order valence-corrected chi connectivity index (χ2v) is 6.49. The molecule has 24 heavy (non-hydrogen) atoms. The minimum Gasteiger partial charge on any atom is -0.469 e. The molecule has 1 aromatic heterocycles. The van der Waals surface area contributed by atoms with Crippen molar-refractivity contribution in [3.8, 4) is 0 Å². The summed E-state index contributed by atoms with van der Waals surface area (Å²) in [5.74, 6) is 2.13. The first-order valence-electron chi connectivity index (χ1n) is 8.96. The van der Waals surface area contributed by atoms with Crippen LogP contribution in [0.5, 0.6) is 0 Å². The molecule has 134 valence electrons. The Morgan fingerprint density at radius 2 is 2.17 bits per heavy atom. The van der Waals surface area contributed by atoms with Crippen LogP contribution in [0.2, 0.25) is 0 Å². The maximum Gasteiger partial charge on any atom is 0.225 e. The van der Waals surface area contributed by atoms with Crippen molar-refractivity contribution in [1.82, 2.24) is 15.5 Å². The fourth-order valence-corrected chi connectivity index (χ4v) is 2.86. The average molecular weight is 334 g/mol.